The van der Waals surface area contributed by atoms with Gasteiger partial charge in [-0.25, -0.2) is 0 Å². The lowest BCUT2D eigenvalue weighted by molar-refractivity contribution is -0.146. The van der Waals surface area contributed by atoms with Gasteiger partial charge in [-0.15, -0.1) is 0 Å². The summed E-state index contributed by atoms with van der Waals surface area (Å²) in [5.41, 5.74) is 1.34. The molecule has 0 aromatic heterocycles. The van der Waals surface area contributed by atoms with E-state index in [2.05, 4.69) is 29.2 Å². The lowest BCUT2D eigenvalue weighted by Crippen LogP contribution is -2.37. The standard InChI is InChI=1S/C17H17NO2S/c1-17(2,16(19)20)11-18-12-7-3-5-9-14(12)21-15-10-6-4-8-13(15)18/h3-10H,11H2,1-2H3,(H,19,20). The fourth-order valence-corrected chi connectivity index (χ4v) is 3.51. The van der Waals surface area contributed by atoms with Crippen LogP contribution in [0.1, 0.15) is 13.8 Å². The zero-order valence-corrected chi connectivity index (χ0v) is 12.9. The number of rotatable bonds is 3. The number of para-hydroxylation sites is 2. The molecule has 0 atom stereocenters. The number of aliphatic carboxylic acids is 1. The zero-order valence-electron chi connectivity index (χ0n) is 12.0. The van der Waals surface area contributed by atoms with E-state index in [-0.39, 0.29) is 0 Å². The highest BCUT2D eigenvalue weighted by Crippen LogP contribution is 2.48. The number of anilines is 2. The van der Waals surface area contributed by atoms with Crippen molar-refractivity contribution in [1.82, 2.24) is 0 Å². The van der Waals surface area contributed by atoms with E-state index in [9.17, 15) is 9.90 Å². The number of fused-ring (bicyclic) bond motifs is 2. The van der Waals surface area contributed by atoms with Crippen molar-refractivity contribution < 1.29 is 9.90 Å². The maximum absolute atomic E-state index is 11.5. The van der Waals surface area contributed by atoms with Crippen molar-refractivity contribution in [2.75, 3.05) is 11.4 Å². The summed E-state index contributed by atoms with van der Waals surface area (Å²) < 4.78 is 0. The average Bonchev–Trinajstić information content (AvgIpc) is 2.46. The second-order valence-electron chi connectivity index (χ2n) is 5.81. The van der Waals surface area contributed by atoms with Gasteiger partial charge in [0.1, 0.15) is 0 Å². The number of carboxylic acids is 1. The minimum absolute atomic E-state index is 0.441. The molecule has 3 nitrogen and oxygen atoms in total. The Morgan fingerprint density at radius 1 is 1.05 bits per heavy atom. The van der Waals surface area contributed by atoms with Gasteiger partial charge in [0.2, 0.25) is 0 Å². The van der Waals surface area contributed by atoms with Crippen molar-refractivity contribution in [2.45, 2.75) is 23.6 Å². The molecule has 0 spiro atoms. The first-order chi connectivity index (χ1) is 9.99. The molecule has 4 heteroatoms. The smallest absolute Gasteiger partial charge is 0.310 e. The maximum atomic E-state index is 11.5. The van der Waals surface area contributed by atoms with Crippen LogP contribution in [0.25, 0.3) is 0 Å². The molecular formula is C17H17NO2S. The van der Waals surface area contributed by atoms with Crippen molar-refractivity contribution >= 4 is 29.1 Å². The molecule has 0 radical (unpaired) electrons. The molecule has 21 heavy (non-hydrogen) atoms. The number of hydrogen-bond acceptors (Lipinski definition) is 3. The SMILES string of the molecule is CC(C)(CN1c2ccccc2Sc2ccccc21)C(=O)O. The Hall–Kier alpha value is -1.94. The highest BCUT2D eigenvalue weighted by molar-refractivity contribution is 7.99. The van der Waals surface area contributed by atoms with Gasteiger partial charge >= 0.3 is 5.97 Å². The predicted molar refractivity (Wildman–Crippen MR) is 85.4 cm³/mol. The van der Waals surface area contributed by atoms with Crippen LogP contribution in [0.15, 0.2) is 58.3 Å². The number of nitrogens with zero attached hydrogens (tertiary/aromatic N) is 1. The highest BCUT2D eigenvalue weighted by atomic mass is 32.2. The van der Waals surface area contributed by atoms with E-state index in [1.165, 1.54) is 0 Å². The summed E-state index contributed by atoms with van der Waals surface area (Å²) in [5.74, 6) is -0.782. The third-order valence-electron chi connectivity index (χ3n) is 3.66. The van der Waals surface area contributed by atoms with E-state index in [1.807, 2.05) is 24.3 Å². The summed E-state index contributed by atoms with van der Waals surface area (Å²) >= 11 is 1.73. The molecule has 0 fully saturated rings. The monoisotopic (exact) mass is 299 g/mol. The third-order valence-corrected chi connectivity index (χ3v) is 4.79. The van der Waals surface area contributed by atoms with Gasteiger partial charge in [0, 0.05) is 16.3 Å². The molecule has 1 aliphatic rings. The number of carbonyl (C=O) groups is 1. The van der Waals surface area contributed by atoms with Crippen molar-refractivity contribution in [1.29, 1.82) is 0 Å². The van der Waals surface area contributed by atoms with Crippen LogP contribution in [0, 0.1) is 5.41 Å². The minimum atomic E-state index is -0.817. The van der Waals surface area contributed by atoms with Crippen LogP contribution in [0.3, 0.4) is 0 Å². The Morgan fingerprint density at radius 3 is 2.00 bits per heavy atom. The van der Waals surface area contributed by atoms with Gasteiger partial charge in [0.05, 0.1) is 16.8 Å². The normalized spacial score (nSPS) is 13.5. The lowest BCUT2D eigenvalue weighted by atomic mass is 9.92. The van der Waals surface area contributed by atoms with Gasteiger partial charge < -0.3 is 10.0 Å². The van der Waals surface area contributed by atoms with Crippen LogP contribution in [-0.4, -0.2) is 17.6 Å². The Morgan fingerprint density at radius 2 is 1.52 bits per heavy atom. The number of benzene rings is 2. The molecule has 1 heterocycles. The lowest BCUT2D eigenvalue weighted by Gasteiger charge is -2.36. The van der Waals surface area contributed by atoms with E-state index in [0.29, 0.717) is 6.54 Å². The average molecular weight is 299 g/mol. The molecule has 1 N–H and O–H groups in total. The Balaban J connectivity index is 2.09. The quantitative estimate of drug-likeness (QED) is 0.912. The summed E-state index contributed by atoms with van der Waals surface area (Å²) in [4.78, 5) is 15.9. The fourth-order valence-electron chi connectivity index (χ4n) is 2.41. The van der Waals surface area contributed by atoms with Gasteiger partial charge in [-0.2, -0.15) is 0 Å². The van der Waals surface area contributed by atoms with Crippen molar-refractivity contribution in [3.63, 3.8) is 0 Å². The first kappa shape index (κ1) is 14.0. The van der Waals surface area contributed by atoms with Crippen LogP contribution in [-0.2, 0) is 4.79 Å². The molecule has 0 bridgehead atoms. The number of hydrogen-bond donors (Lipinski definition) is 1. The Labute approximate surface area is 128 Å². The van der Waals surface area contributed by atoms with Crippen LogP contribution in [0.4, 0.5) is 11.4 Å². The molecule has 2 aromatic carbocycles. The molecule has 0 aliphatic carbocycles. The molecule has 1 aliphatic heterocycles. The van der Waals surface area contributed by atoms with Crippen LogP contribution < -0.4 is 4.90 Å². The van der Waals surface area contributed by atoms with Crippen molar-refractivity contribution in [2.24, 2.45) is 5.41 Å². The highest BCUT2D eigenvalue weighted by Gasteiger charge is 2.33. The van der Waals surface area contributed by atoms with Gasteiger partial charge in [0.25, 0.3) is 0 Å². The fraction of sp³-hybridized carbons (Fsp3) is 0.235. The zero-order chi connectivity index (χ0) is 15.0. The molecule has 3 rings (SSSR count). The van der Waals surface area contributed by atoms with E-state index in [4.69, 9.17) is 0 Å². The topological polar surface area (TPSA) is 40.5 Å². The molecule has 0 saturated heterocycles. The second-order valence-corrected chi connectivity index (χ2v) is 6.90. The first-order valence-electron chi connectivity index (χ1n) is 6.86. The largest absolute Gasteiger partial charge is 0.481 e. The van der Waals surface area contributed by atoms with Crippen LogP contribution in [0.2, 0.25) is 0 Å². The van der Waals surface area contributed by atoms with Gasteiger partial charge in [-0.3, -0.25) is 4.79 Å². The molecular weight excluding hydrogens is 282 g/mol. The molecule has 0 unspecified atom stereocenters. The van der Waals surface area contributed by atoms with Gasteiger partial charge in [-0.05, 0) is 38.1 Å². The molecule has 108 valence electrons. The summed E-state index contributed by atoms with van der Waals surface area (Å²) in [6, 6.07) is 16.3. The van der Waals surface area contributed by atoms with E-state index >= 15 is 0 Å². The van der Waals surface area contributed by atoms with Crippen molar-refractivity contribution in [3.8, 4) is 0 Å². The Kier molecular flexibility index (Phi) is 3.41. The summed E-state index contributed by atoms with van der Waals surface area (Å²) in [5, 5.41) is 9.44. The third kappa shape index (κ3) is 2.51. The first-order valence-corrected chi connectivity index (χ1v) is 7.67. The van der Waals surface area contributed by atoms with Crippen LogP contribution >= 0.6 is 11.8 Å². The number of carboxylic acid groups (broad SMARTS) is 1. The maximum Gasteiger partial charge on any atom is 0.310 e. The predicted octanol–water partition coefficient (Wildman–Crippen LogP) is 4.40. The second kappa shape index (κ2) is 5.11. The summed E-state index contributed by atoms with van der Waals surface area (Å²) in [7, 11) is 0. The summed E-state index contributed by atoms with van der Waals surface area (Å²) in [6.07, 6.45) is 0. The molecule has 0 amide bonds. The van der Waals surface area contributed by atoms with Crippen molar-refractivity contribution in [3.05, 3.63) is 48.5 Å². The summed E-state index contributed by atoms with van der Waals surface area (Å²) in [6.45, 7) is 3.97. The van der Waals surface area contributed by atoms with E-state index in [0.717, 1.165) is 21.2 Å². The molecule has 2 aromatic rings. The van der Waals surface area contributed by atoms with Gasteiger partial charge in [-0.1, -0.05) is 36.0 Å². The molecule has 0 saturated carbocycles. The minimum Gasteiger partial charge on any atom is -0.481 e. The van der Waals surface area contributed by atoms with Gasteiger partial charge in [0.15, 0.2) is 0 Å². The Bertz CT molecular complexity index is 651. The van der Waals surface area contributed by atoms with E-state index < -0.39 is 11.4 Å². The van der Waals surface area contributed by atoms with E-state index in [1.54, 1.807) is 25.6 Å². The van der Waals surface area contributed by atoms with Crippen LogP contribution in [0.5, 0.6) is 0 Å².